The quantitative estimate of drug-likeness (QED) is 0.668. The van der Waals surface area contributed by atoms with Gasteiger partial charge in [-0.2, -0.15) is 13.2 Å². The summed E-state index contributed by atoms with van der Waals surface area (Å²) in [7, 11) is 0. The molecular weight excluding hydrogens is 365 g/mol. The molecule has 0 amide bonds. The van der Waals surface area contributed by atoms with Gasteiger partial charge in [0.2, 0.25) is 0 Å². The summed E-state index contributed by atoms with van der Waals surface area (Å²) in [5, 5.41) is 0.465. The van der Waals surface area contributed by atoms with Crippen LogP contribution in [0.1, 0.15) is 18.1 Å². The predicted octanol–water partition coefficient (Wildman–Crippen LogP) is 4.85. The maximum absolute atomic E-state index is 12.0. The minimum Gasteiger partial charge on any atom is -0.372 e. The maximum atomic E-state index is 12.0. The normalized spacial score (nSPS) is 13.7. The van der Waals surface area contributed by atoms with Crippen molar-refractivity contribution in [2.75, 3.05) is 11.9 Å². The van der Waals surface area contributed by atoms with Crippen LogP contribution in [0.5, 0.6) is 0 Å². The Bertz CT molecular complexity index is 338. The highest BCUT2D eigenvalue weighted by Gasteiger charge is 2.27. The van der Waals surface area contributed by atoms with Crippen LogP contribution < -0.4 is 0 Å². The van der Waals surface area contributed by atoms with E-state index in [0.717, 1.165) is 10.0 Å². The van der Waals surface area contributed by atoms with Crippen LogP contribution in [0.3, 0.4) is 0 Å². The lowest BCUT2D eigenvalue weighted by Crippen LogP contribution is -2.14. The highest BCUT2D eigenvalue weighted by atomic mass is 79.9. The second kappa shape index (κ2) is 6.75. The molecule has 1 aromatic carbocycles. The van der Waals surface area contributed by atoms with Crippen molar-refractivity contribution in [2.45, 2.75) is 18.7 Å². The van der Waals surface area contributed by atoms with Gasteiger partial charge in [-0.1, -0.05) is 44.0 Å². The van der Waals surface area contributed by atoms with E-state index in [1.807, 2.05) is 24.3 Å². The highest BCUT2D eigenvalue weighted by molar-refractivity contribution is 9.10. The van der Waals surface area contributed by atoms with Crippen LogP contribution >= 0.6 is 31.9 Å². The van der Waals surface area contributed by atoms with Crippen molar-refractivity contribution < 1.29 is 17.9 Å². The van der Waals surface area contributed by atoms with Crippen molar-refractivity contribution in [3.8, 4) is 0 Å². The molecule has 0 saturated carbocycles. The Kier molecular flexibility index (Phi) is 5.95. The summed E-state index contributed by atoms with van der Waals surface area (Å²) in [4.78, 5) is 0. The Hall–Kier alpha value is -0.0700. The molecule has 0 N–H and O–H groups in total. The topological polar surface area (TPSA) is 9.23 Å². The smallest absolute Gasteiger partial charge is 0.372 e. The van der Waals surface area contributed by atoms with E-state index >= 15 is 0 Å². The SMILES string of the molecule is FC(F)(F)CCOC(CBr)c1ccc(Br)cc1. The summed E-state index contributed by atoms with van der Waals surface area (Å²) in [6.45, 7) is -0.324. The molecule has 0 aliphatic heterocycles. The Morgan fingerprint density at radius 2 is 1.76 bits per heavy atom. The largest absolute Gasteiger partial charge is 0.391 e. The van der Waals surface area contributed by atoms with E-state index in [4.69, 9.17) is 4.74 Å². The Balaban J connectivity index is 2.51. The summed E-state index contributed by atoms with van der Waals surface area (Å²) in [6, 6.07) is 7.31. The molecule has 1 atom stereocenters. The number of ether oxygens (including phenoxy) is 1. The minimum absolute atomic E-state index is 0.324. The maximum Gasteiger partial charge on any atom is 0.391 e. The molecule has 0 radical (unpaired) electrons. The van der Waals surface area contributed by atoms with Gasteiger partial charge in [-0.3, -0.25) is 0 Å². The van der Waals surface area contributed by atoms with Gasteiger partial charge in [-0.15, -0.1) is 0 Å². The molecule has 1 unspecified atom stereocenters. The molecule has 0 aliphatic carbocycles. The predicted molar refractivity (Wildman–Crippen MR) is 67.3 cm³/mol. The summed E-state index contributed by atoms with van der Waals surface area (Å²) >= 11 is 6.53. The van der Waals surface area contributed by atoms with Gasteiger partial charge in [-0.05, 0) is 17.7 Å². The lowest BCUT2D eigenvalue weighted by Gasteiger charge is -2.16. The molecule has 1 aromatic rings. The van der Waals surface area contributed by atoms with Crippen molar-refractivity contribution >= 4 is 31.9 Å². The van der Waals surface area contributed by atoms with Crippen molar-refractivity contribution in [3.63, 3.8) is 0 Å². The molecule has 0 bridgehead atoms. The number of hydrogen-bond donors (Lipinski definition) is 0. The third-order valence-electron chi connectivity index (χ3n) is 2.09. The highest BCUT2D eigenvalue weighted by Crippen LogP contribution is 2.25. The average molecular weight is 376 g/mol. The molecule has 96 valence electrons. The van der Waals surface area contributed by atoms with E-state index < -0.39 is 12.6 Å². The van der Waals surface area contributed by atoms with E-state index in [9.17, 15) is 13.2 Å². The standard InChI is InChI=1S/C11H11Br2F3O/c12-7-10(17-6-5-11(14,15)16)8-1-3-9(13)4-2-8/h1-4,10H,5-7H2. The molecule has 0 saturated heterocycles. The fraction of sp³-hybridized carbons (Fsp3) is 0.455. The summed E-state index contributed by atoms with van der Waals surface area (Å²) < 4.78 is 42.0. The van der Waals surface area contributed by atoms with Gasteiger partial charge in [0.05, 0.1) is 19.1 Å². The second-order valence-electron chi connectivity index (χ2n) is 3.43. The third-order valence-corrected chi connectivity index (χ3v) is 3.20. The number of alkyl halides is 4. The number of benzene rings is 1. The van der Waals surface area contributed by atoms with Gasteiger partial charge in [0.15, 0.2) is 0 Å². The first-order valence-corrected chi connectivity index (χ1v) is 6.83. The average Bonchev–Trinajstić information content (AvgIpc) is 2.24. The zero-order chi connectivity index (χ0) is 12.9. The van der Waals surface area contributed by atoms with Gasteiger partial charge in [-0.25, -0.2) is 0 Å². The zero-order valence-corrected chi connectivity index (χ0v) is 12.0. The van der Waals surface area contributed by atoms with Crippen LogP contribution in [-0.2, 0) is 4.74 Å². The lowest BCUT2D eigenvalue weighted by molar-refractivity contribution is -0.148. The van der Waals surface area contributed by atoms with E-state index in [0.29, 0.717) is 5.33 Å². The molecule has 0 fully saturated rings. The minimum atomic E-state index is -4.17. The van der Waals surface area contributed by atoms with Crippen LogP contribution in [0.4, 0.5) is 13.2 Å². The van der Waals surface area contributed by atoms with Gasteiger partial charge in [0.25, 0.3) is 0 Å². The second-order valence-corrected chi connectivity index (χ2v) is 4.99. The zero-order valence-electron chi connectivity index (χ0n) is 8.81. The Morgan fingerprint density at radius 1 is 1.18 bits per heavy atom. The fourth-order valence-corrected chi connectivity index (χ4v) is 2.05. The lowest BCUT2D eigenvalue weighted by atomic mass is 10.1. The van der Waals surface area contributed by atoms with E-state index in [2.05, 4.69) is 31.9 Å². The van der Waals surface area contributed by atoms with E-state index in [1.54, 1.807) is 0 Å². The molecule has 0 spiro atoms. The van der Waals surface area contributed by atoms with Gasteiger partial charge in [0.1, 0.15) is 0 Å². The van der Waals surface area contributed by atoms with Crippen LogP contribution in [0.25, 0.3) is 0 Å². The molecule has 0 aromatic heterocycles. The van der Waals surface area contributed by atoms with Crippen LogP contribution in [0, 0.1) is 0 Å². The van der Waals surface area contributed by atoms with Crippen LogP contribution in [0.2, 0.25) is 0 Å². The summed E-state index contributed by atoms with van der Waals surface area (Å²) in [6.07, 6.45) is -5.45. The monoisotopic (exact) mass is 374 g/mol. The molecule has 0 aliphatic rings. The third kappa shape index (κ3) is 5.88. The molecular formula is C11H11Br2F3O. The van der Waals surface area contributed by atoms with Crippen molar-refractivity contribution in [1.82, 2.24) is 0 Å². The molecule has 17 heavy (non-hydrogen) atoms. The molecule has 6 heteroatoms. The Morgan fingerprint density at radius 3 is 2.24 bits per heavy atom. The first-order chi connectivity index (χ1) is 7.92. The summed E-state index contributed by atoms with van der Waals surface area (Å²) in [5.41, 5.74) is 0.854. The van der Waals surface area contributed by atoms with Gasteiger partial charge < -0.3 is 4.74 Å². The number of rotatable bonds is 5. The first kappa shape index (κ1) is 15.0. The van der Waals surface area contributed by atoms with Gasteiger partial charge in [0, 0.05) is 9.80 Å². The molecule has 1 nitrogen and oxygen atoms in total. The Labute approximate surface area is 115 Å². The fourth-order valence-electron chi connectivity index (χ4n) is 1.22. The summed E-state index contributed by atoms with van der Waals surface area (Å²) in [5.74, 6) is 0. The van der Waals surface area contributed by atoms with Gasteiger partial charge >= 0.3 is 6.18 Å². The molecule has 0 heterocycles. The number of halogens is 5. The van der Waals surface area contributed by atoms with E-state index in [-0.39, 0.29) is 12.7 Å². The van der Waals surface area contributed by atoms with Crippen LogP contribution in [-0.4, -0.2) is 18.1 Å². The van der Waals surface area contributed by atoms with Crippen molar-refractivity contribution in [1.29, 1.82) is 0 Å². The first-order valence-electron chi connectivity index (χ1n) is 4.92. The van der Waals surface area contributed by atoms with E-state index in [1.165, 1.54) is 0 Å². The van der Waals surface area contributed by atoms with Crippen molar-refractivity contribution in [2.24, 2.45) is 0 Å². The number of hydrogen-bond acceptors (Lipinski definition) is 1. The van der Waals surface area contributed by atoms with Crippen molar-refractivity contribution in [3.05, 3.63) is 34.3 Å². The van der Waals surface area contributed by atoms with Crippen LogP contribution in [0.15, 0.2) is 28.7 Å². The molecule has 1 rings (SSSR count).